The van der Waals surface area contributed by atoms with E-state index in [9.17, 15) is 22.8 Å². The number of carbonyl (C=O) groups is 2. The molecule has 13 heteroatoms. The van der Waals surface area contributed by atoms with Gasteiger partial charge in [-0.15, -0.1) is 0 Å². The lowest BCUT2D eigenvalue weighted by Gasteiger charge is -2.33. The summed E-state index contributed by atoms with van der Waals surface area (Å²) in [5.74, 6) is -1.95. The zero-order chi connectivity index (χ0) is 26.4. The molecule has 4 rings (SSSR count). The molecule has 2 amide bonds. The Hall–Kier alpha value is -3.31. The second-order valence-electron chi connectivity index (χ2n) is 8.34. The Morgan fingerprint density at radius 3 is 2.61 bits per heavy atom. The van der Waals surface area contributed by atoms with Gasteiger partial charge in [-0.3, -0.25) is 14.3 Å². The molecule has 1 aliphatic heterocycles. The fourth-order valence-electron chi connectivity index (χ4n) is 4.47. The zero-order valence-electron chi connectivity index (χ0n) is 18.5. The second-order valence-corrected chi connectivity index (χ2v) is 9.13. The van der Waals surface area contributed by atoms with Crippen molar-refractivity contribution in [1.29, 1.82) is 0 Å². The largest absolute Gasteiger partial charge is 0.435 e. The van der Waals surface area contributed by atoms with Gasteiger partial charge in [0.25, 0.3) is 0 Å². The molecule has 1 aromatic heterocycles. The second kappa shape index (κ2) is 9.29. The Morgan fingerprint density at radius 1 is 1.25 bits per heavy atom. The molecule has 0 radical (unpaired) electrons. The van der Waals surface area contributed by atoms with E-state index in [1.807, 2.05) is 0 Å². The van der Waals surface area contributed by atoms with Crippen molar-refractivity contribution in [3.05, 3.63) is 70.1 Å². The number of likely N-dealkylation sites (tertiary alicyclic amines) is 1. The van der Waals surface area contributed by atoms with Crippen LogP contribution >= 0.6 is 23.2 Å². The molecule has 0 aliphatic carbocycles. The summed E-state index contributed by atoms with van der Waals surface area (Å²) in [5, 5.41) is 6.48. The van der Waals surface area contributed by atoms with Crippen LogP contribution < -0.4 is 11.1 Å². The van der Waals surface area contributed by atoms with E-state index >= 15 is 4.39 Å². The molecule has 2 aromatic carbocycles. The van der Waals surface area contributed by atoms with Gasteiger partial charge in [-0.25, -0.2) is 4.39 Å². The van der Waals surface area contributed by atoms with E-state index in [0.717, 1.165) is 16.8 Å². The van der Waals surface area contributed by atoms with Crippen molar-refractivity contribution in [3.63, 3.8) is 0 Å². The SMILES string of the molecule is C=CC(=O)N1CC[C@@](Nc2ccc3c(C(F)(F)F)nn(CC(N)=O)c3c2)(c2c(F)ccc(Cl)c2Cl)C1. The van der Waals surface area contributed by atoms with Crippen LogP contribution in [0.4, 0.5) is 23.2 Å². The molecular formula is C23H19Cl2F4N5O2. The number of primary amides is 1. The van der Waals surface area contributed by atoms with Gasteiger partial charge in [0.05, 0.1) is 21.1 Å². The Kier molecular flexibility index (Phi) is 6.65. The van der Waals surface area contributed by atoms with Gasteiger partial charge >= 0.3 is 6.18 Å². The molecule has 190 valence electrons. The lowest BCUT2D eigenvalue weighted by Crippen LogP contribution is -2.41. The Morgan fingerprint density at radius 2 is 1.97 bits per heavy atom. The van der Waals surface area contributed by atoms with Gasteiger partial charge in [-0.05, 0) is 42.8 Å². The van der Waals surface area contributed by atoms with Crippen molar-refractivity contribution in [2.24, 2.45) is 5.73 Å². The molecule has 1 aliphatic rings. The number of benzene rings is 2. The molecule has 2 heterocycles. The summed E-state index contributed by atoms with van der Waals surface area (Å²) in [5.41, 5.74) is 3.01. The minimum atomic E-state index is -4.77. The number of nitrogens with zero attached hydrogens (tertiary/aromatic N) is 3. The number of halogens is 6. The van der Waals surface area contributed by atoms with Gasteiger partial charge in [0, 0.05) is 29.7 Å². The average Bonchev–Trinajstić information content (AvgIpc) is 3.38. The van der Waals surface area contributed by atoms with Crippen molar-refractivity contribution >= 4 is 51.6 Å². The summed E-state index contributed by atoms with van der Waals surface area (Å²) in [4.78, 5) is 25.2. The van der Waals surface area contributed by atoms with Gasteiger partial charge in [0.1, 0.15) is 12.4 Å². The lowest BCUT2D eigenvalue weighted by atomic mass is 9.87. The van der Waals surface area contributed by atoms with Crippen LogP contribution in [0.2, 0.25) is 10.0 Å². The number of nitrogens with two attached hydrogens (primary N) is 1. The highest BCUT2D eigenvalue weighted by molar-refractivity contribution is 6.42. The van der Waals surface area contributed by atoms with Crippen LogP contribution in [0.25, 0.3) is 10.9 Å². The van der Waals surface area contributed by atoms with Crippen molar-refractivity contribution < 1.29 is 27.2 Å². The fraction of sp³-hybridized carbons (Fsp3) is 0.261. The summed E-state index contributed by atoms with van der Waals surface area (Å²) in [6, 6.07) is 6.34. The van der Waals surface area contributed by atoms with Crippen molar-refractivity contribution in [2.45, 2.75) is 24.7 Å². The third kappa shape index (κ3) is 4.60. The Labute approximate surface area is 212 Å². The van der Waals surface area contributed by atoms with Crippen LogP contribution in [0.3, 0.4) is 0 Å². The molecule has 36 heavy (non-hydrogen) atoms. The summed E-state index contributed by atoms with van der Waals surface area (Å²) in [6.45, 7) is 3.09. The van der Waals surface area contributed by atoms with E-state index in [-0.39, 0.29) is 57.6 Å². The summed E-state index contributed by atoms with van der Waals surface area (Å²) in [6.07, 6.45) is -3.44. The monoisotopic (exact) mass is 543 g/mol. The van der Waals surface area contributed by atoms with Crippen molar-refractivity contribution in [3.8, 4) is 0 Å². The maximum absolute atomic E-state index is 15.1. The highest BCUT2D eigenvalue weighted by Crippen LogP contribution is 2.44. The summed E-state index contributed by atoms with van der Waals surface area (Å²) < 4.78 is 56.6. The number of nitrogens with one attached hydrogen (secondary N) is 1. The fourth-order valence-corrected chi connectivity index (χ4v) is 4.96. The van der Waals surface area contributed by atoms with Crippen LogP contribution in [0.1, 0.15) is 17.7 Å². The first kappa shape index (κ1) is 25.8. The van der Waals surface area contributed by atoms with E-state index < -0.39 is 35.7 Å². The van der Waals surface area contributed by atoms with Crippen LogP contribution in [0.15, 0.2) is 43.0 Å². The number of fused-ring (bicyclic) bond motifs is 1. The first-order valence-corrected chi connectivity index (χ1v) is 11.3. The number of hydrogen-bond donors (Lipinski definition) is 2. The van der Waals surface area contributed by atoms with Gasteiger partial charge < -0.3 is 16.0 Å². The standard InChI is InChI=1S/C23H19Cl2F4N5O2/c1-2-18(36)33-8-7-22(11-33,19-15(26)6-5-14(24)20(19)25)31-12-3-4-13-16(9-12)34(10-17(30)35)32-21(13)23(27,28)29/h2-6,9,31H,1,7-8,10-11H2,(H2,30,35)/t22-/m0/s1. The maximum atomic E-state index is 15.1. The van der Waals surface area contributed by atoms with E-state index in [1.165, 1.54) is 29.2 Å². The van der Waals surface area contributed by atoms with Gasteiger partial charge in [-0.2, -0.15) is 18.3 Å². The number of rotatable bonds is 6. The molecule has 3 N–H and O–H groups in total. The predicted molar refractivity (Wildman–Crippen MR) is 127 cm³/mol. The van der Waals surface area contributed by atoms with Crippen molar-refractivity contribution in [2.75, 3.05) is 18.4 Å². The van der Waals surface area contributed by atoms with E-state index in [0.29, 0.717) is 0 Å². The average molecular weight is 544 g/mol. The predicted octanol–water partition coefficient (Wildman–Crippen LogP) is 4.71. The van der Waals surface area contributed by atoms with Crippen LogP contribution in [0.5, 0.6) is 0 Å². The van der Waals surface area contributed by atoms with E-state index in [2.05, 4.69) is 17.0 Å². The first-order chi connectivity index (χ1) is 16.9. The molecule has 0 spiro atoms. The number of alkyl halides is 3. The van der Waals surface area contributed by atoms with E-state index in [4.69, 9.17) is 28.9 Å². The summed E-state index contributed by atoms with van der Waals surface area (Å²) >= 11 is 12.6. The molecule has 3 aromatic rings. The topological polar surface area (TPSA) is 93.2 Å². The van der Waals surface area contributed by atoms with Crippen molar-refractivity contribution in [1.82, 2.24) is 14.7 Å². The number of amides is 2. The number of carbonyl (C=O) groups excluding carboxylic acids is 2. The molecule has 1 fully saturated rings. The molecule has 1 atom stereocenters. The van der Waals surface area contributed by atoms with Crippen LogP contribution in [0, 0.1) is 5.82 Å². The van der Waals surface area contributed by atoms with Gasteiger partial charge in [0.2, 0.25) is 11.8 Å². The maximum Gasteiger partial charge on any atom is 0.435 e. The third-order valence-corrected chi connectivity index (χ3v) is 6.79. The third-order valence-electron chi connectivity index (χ3n) is 5.99. The summed E-state index contributed by atoms with van der Waals surface area (Å²) in [7, 11) is 0. The number of hydrogen-bond acceptors (Lipinski definition) is 4. The minimum Gasteiger partial charge on any atom is -0.373 e. The molecule has 0 bridgehead atoms. The number of aromatic nitrogens is 2. The Balaban J connectivity index is 1.86. The normalized spacial score (nSPS) is 18.0. The van der Waals surface area contributed by atoms with Gasteiger partial charge in [0.15, 0.2) is 5.69 Å². The number of anilines is 1. The highest BCUT2D eigenvalue weighted by atomic mass is 35.5. The molecule has 7 nitrogen and oxygen atoms in total. The van der Waals surface area contributed by atoms with E-state index in [1.54, 1.807) is 0 Å². The Bertz CT molecular complexity index is 1390. The van der Waals surface area contributed by atoms with Gasteiger partial charge in [-0.1, -0.05) is 29.8 Å². The molecule has 1 saturated heterocycles. The molecule has 0 saturated carbocycles. The molecular weight excluding hydrogens is 525 g/mol. The smallest absolute Gasteiger partial charge is 0.373 e. The lowest BCUT2D eigenvalue weighted by molar-refractivity contribution is -0.140. The highest BCUT2D eigenvalue weighted by Gasteiger charge is 2.45. The quantitative estimate of drug-likeness (QED) is 0.267. The van der Waals surface area contributed by atoms with Crippen LogP contribution in [-0.2, 0) is 27.8 Å². The van der Waals surface area contributed by atoms with Crippen LogP contribution in [-0.4, -0.2) is 39.6 Å². The zero-order valence-corrected chi connectivity index (χ0v) is 20.0. The first-order valence-electron chi connectivity index (χ1n) is 10.6. The minimum absolute atomic E-state index is 0.0118. The molecule has 0 unspecified atom stereocenters.